The van der Waals surface area contributed by atoms with Gasteiger partial charge in [-0.1, -0.05) is 65.5 Å². The zero-order chi connectivity index (χ0) is 23.3. The number of hydrogen-bond donors (Lipinski definition) is 1. The number of halogens is 4. The van der Waals surface area contributed by atoms with Gasteiger partial charge in [0, 0.05) is 12.1 Å². The summed E-state index contributed by atoms with van der Waals surface area (Å²) in [6.45, 7) is 7.80. The van der Waals surface area contributed by atoms with Crippen LogP contribution in [0.3, 0.4) is 0 Å². The van der Waals surface area contributed by atoms with E-state index >= 15 is 0 Å². The minimum atomic E-state index is -0.649. The molecule has 31 heavy (non-hydrogen) atoms. The van der Waals surface area contributed by atoms with E-state index in [1.165, 1.54) is 0 Å². The largest absolute Gasteiger partial charge is 0.350 e. The zero-order valence-corrected chi connectivity index (χ0v) is 21.0. The van der Waals surface area contributed by atoms with Gasteiger partial charge in [0.15, 0.2) is 0 Å². The lowest BCUT2D eigenvalue weighted by molar-refractivity contribution is -0.141. The Hall–Kier alpha value is -1.46. The third kappa shape index (κ3) is 7.57. The molecule has 2 rings (SSSR count). The monoisotopic (exact) mass is 502 g/mol. The van der Waals surface area contributed by atoms with Gasteiger partial charge in [-0.3, -0.25) is 9.59 Å². The van der Waals surface area contributed by atoms with Crippen LogP contribution < -0.4 is 5.32 Å². The van der Waals surface area contributed by atoms with Crippen LogP contribution in [-0.4, -0.2) is 28.3 Å². The molecule has 0 aliphatic carbocycles. The van der Waals surface area contributed by atoms with Gasteiger partial charge in [0.25, 0.3) is 0 Å². The molecule has 2 aromatic rings. The van der Waals surface area contributed by atoms with E-state index in [1.54, 1.807) is 41.3 Å². The molecule has 168 valence electrons. The van der Waals surface area contributed by atoms with Gasteiger partial charge >= 0.3 is 0 Å². The van der Waals surface area contributed by atoms with Crippen molar-refractivity contribution in [3.63, 3.8) is 0 Å². The lowest BCUT2D eigenvalue weighted by Gasteiger charge is -2.33. The second kappa shape index (κ2) is 10.9. The maximum absolute atomic E-state index is 13.3. The maximum Gasteiger partial charge on any atom is 0.243 e. The first-order valence-corrected chi connectivity index (χ1v) is 11.4. The lowest BCUT2D eigenvalue weighted by atomic mass is 10.0. The SMILES string of the molecule is CC[C@H](C(=O)NC(C)(C)C)N(Cc1ccc(Cl)c(Cl)c1)C(=O)Cc1ccc(Cl)c(Cl)c1. The average molecular weight is 504 g/mol. The van der Waals surface area contributed by atoms with Gasteiger partial charge in [0.1, 0.15) is 6.04 Å². The molecule has 0 aromatic heterocycles. The second-order valence-corrected chi connectivity index (χ2v) is 9.99. The molecule has 0 bridgehead atoms. The number of rotatable bonds is 7. The standard InChI is InChI=1S/C23H26Cl4N2O2/c1-5-20(22(31)28-23(2,3)4)29(13-15-7-9-17(25)19(27)11-15)21(30)12-14-6-8-16(24)18(26)10-14/h6-11,20H,5,12-13H2,1-4H3,(H,28,31)/t20-/m1/s1. The summed E-state index contributed by atoms with van der Waals surface area (Å²) >= 11 is 24.3. The third-order valence-electron chi connectivity index (χ3n) is 4.56. The topological polar surface area (TPSA) is 49.4 Å². The fourth-order valence-electron chi connectivity index (χ4n) is 3.13. The summed E-state index contributed by atoms with van der Waals surface area (Å²) in [4.78, 5) is 27.9. The maximum atomic E-state index is 13.3. The molecule has 0 aliphatic heterocycles. The average Bonchev–Trinajstić information content (AvgIpc) is 2.66. The number of carbonyl (C=O) groups is 2. The van der Waals surface area contributed by atoms with E-state index in [-0.39, 0.29) is 24.8 Å². The first-order chi connectivity index (χ1) is 14.4. The van der Waals surface area contributed by atoms with E-state index in [0.717, 1.165) is 5.56 Å². The number of amides is 2. The van der Waals surface area contributed by atoms with Crippen LogP contribution in [-0.2, 0) is 22.6 Å². The van der Waals surface area contributed by atoms with E-state index in [9.17, 15) is 9.59 Å². The first-order valence-electron chi connectivity index (χ1n) is 9.90. The van der Waals surface area contributed by atoms with Crippen molar-refractivity contribution >= 4 is 58.2 Å². The number of hydrogen-bond acceptors (Lipinski definition) is 2. The summed E-state index contributed by atoms with van der Waals surface area (Å²) in [5.41, 5.74) is 1.07. The fraction of sp³-hybridized carbons (Fsp3) is 0.391. The van der Waals surface area contributed by atoms with Gasteiger partial charge in [0.05, 0.1) is 26.5 Å². The predicted molar refractivity (Wildman–Crippen MR) is 129 cm³/mol. The van der Waals surface area contributed by atoms with Crippen molar-refractivity contribution in [2.45, 2.75) is 58.7 Å². The predicted octanol–water partition coefficient (Wildman–Crippen LogP) is 6.56. The van der Waals surface area contributed by atoms with Crippen LogP contribution in [0.15, 0.2) is 36.4 Å². The number of carbonyl (C=O) groups excluding carboxylic acids is 2. The normalized spacial score (nSPS) is 12.4. The Morgan fingerprint density at radius 2 is 1.42 bits per heavy atom. The van der Waals surface area contributed by atoms with Crippen LogP contribution in [0.2, 0.25) is 20.1 Å². The van der Waals surface area contributed by atoms with Crippen molar-refractivity contribution in [3.8, 4) is 0 Å². The van der Waals surface area contributed by atoms with Crippen molar-refractivity contribution in [1.29, 1.82) is 0 Å². The van der Waals surface area contributed by atoms with Gasteiger partial charge < -0.3 is 10.2 Å². The number of nitrogens with one attached hydrogen (secondary N) is 1. The Labute approximate surface area is 203 Å². The van der Waals surface area contributed by atoms with Gasteiger partial charge in [0.2, 0.25) is 11.8 Å². The van der Waals surface area contributed by atoms with Crippen LogP contribution in [0.4, 0.5) is 0 Å². The highest BCUT2D eigenvalue weighted by Crippen LogP contribution is 2.26. The van der Waals surface area contributed by atoms with E-state index in [0.29, 0.717) is 32.1 Å². The van der Waals surface area contributed by atoms with Gasteiger partial charge in [-0.2, -0.15) is 0 Å². The Balaban J connectivity index is 2.36. The van der Waals surface area contributed by atoms with E-state index in [4.69, 9.17) is 46.4 Å². The quantitative estimate of drug-likeness (QED) is 0.464. The minimum Gasteiger partial charge on any atom is -0.350 e. The summed E-state index contributed by atoms with van der Waals surface area (Å²) in [7, 11) is 0. The Kier molecular flexibility index (Phi) is 9.08. The molecule has 4 nitrogen and oxygen atoms in total. The Morgan fingerprint density at radius 3 is 1.90 bits per heavy atom. The Morgan fingerprint density at radius 1 is 0.903 bits per heavy atom. The van der Waals surface area contributed by atoms with Crippen LogP contribution in [0.5, 0.6) is 0 Å². The summed E-state index contributed by atoms with van der Waals surface area (Å²) in [6.07, 6.45) is 0.536. The highest BCUT2D eigenvalue weighted by Gasteiger charge is 2.30. The van der Waals surface area contributed by atoms with E-state index in [2.05, 4.69) is 5.32 Å². The molecule has 0 fully saturated rings. The molecule has 2 aromatic carbocycles. The highest BCUT2D eigenvalue weighted by atomic mass is 35.5. The molecule has 8 heteroatoms. The van der Waals surface area contributed by atoms with Gasteiger partial charge in [-0.05, 0) is 62.6 Å². The minimum absolute atomic E-state index is 0.0809. The number of nitrogens with zero attached hydrogens (tertiary/aromatic N) is 1. The second-order valence-electron chi connectivity index (χ2n) is 8.36. The summed E-state index contributed by atoms with van der Waals surface area (Å²) in [5, 5.41) is 4.59. The van der Waals surface area contributed by atoms with Crippen molar-refractivity contribution < 1.29 is 9.59 Å². The zero-order valence-electron chi connectivity index (χ0n) is 17.9. The van der Waals surface area contributed by atoms with E-state index in [1.807, 2.05) is 27.7 Å². The first kappa shape index (κ1) is 25.8. The number of benzene rings is 2. The molecular formula is C23H26Cl4N2O2. The molecule has 0 heterocycles. The Bertz CT molecular complexity index is 957. The highest BCUT2D eigenvalue weighted by molar-refractivity contribution is 6.42. The molecule has 0 aliphatic rings. The van der Waals surface area contributed by atoms with Crippen LogP contribution in [0, 0.1) is 0 Å². The summed E-state index contributed by atoms with van der Waals surface area (Å²) in [5.74, 6) is -0.419. The summed E-state index contributed by atoms with van der Waals surface area (Å²) < 4.78 is 0. The van der Waals surface area contributed by atoms with Crippen LogP contribution in [0.25, 0.3) is 0 Å². The van der Waals surface area contributed by atoms with Crippen LogP contribution >= 0.6 is 46.4 Å². The smallest absolute Gasteiger partial charge is 0.243 e. The molecule has 1 N–H and O–H groups in total. The molecule has 2 amide bonds. The summed E-state index contributed by atoms with van der Waals surface area (Å²) in [6, 6.07) is 9.59. The molecule has 0 radical (unpaired) electrons. The van der Waals surface area contributed by atoms with Gasteiger partial charge in [-0.25, -0.2) is 0 Å². The van der Waals surface area contributed by atoms with Crippen molar-refractivity contribution in [2.75, 3.05) is 0 Å². The van der Waals surface area contributed by atoms with E-state index < -0.39 is 11.6 Å². The molecule has 0 saturated carbocycles. The molecule has 0 saturated heterocycles. The van der Waals surface area contributed by atoms with Crippen molar-refractivity contribution in [1.82, 2.24) is 10.2 Å². The third-order valence-corrected chi connectivity index (χ3v) is 6.04. The molecule has 0 unspecified atom stereocenters. The molecule has 0 spiro atoms. The van der Waals surface area contributed by atoms with Crippen LogP contribution in [0.1, 0.15) is 45.2 Å². The fourth-order valence-corrected chi connectivity index (χ4v) is 3.77. The molecular weight excluding hydrogens is 478 g/mol. The van der Waals surface area contributed by atoms with Crippen molar-refractivity contribution in [2.24, 2.45) is 0 Å². The lowest BCUT2D eigenvalue weighted by Crippen LogP contribution is -2.53. The van der Waals surface area contributed by atoms with Crippen molar-refractivity contribution in [3.05, 3.63) is 67.6 Å². The molecule has 1 atom stereocenters. The van der Waals surface area contributed by atoms with Gasteiger partial charge in [-0.15, -0.1) is 0 Å².